The molecule has 72 valence electrons. The summed E-state index contributed by atoms with van der Waals surface area (Å²) in [5, 5.41) is 7.73. The molecule has 0 aliphatic carbocycles. The van der Waals surface area contributed by atoms with E-state index < -0.39 is 0 Å². The number of nitrogens with one attached hydrogen (secondary N) is 1. The van der Waals surface area contributed by atoms with Crippen LogP contribution in [0.15, 0.2) is 0 Å². The number of nitrogens with zero attached hydrogens (tertiary/aromatic N) is 2. The molecule has 2 rings (SSSR count). The Labute approximate surface area is 78.1 Å². The van der Waals surface area contributed by atoms with Crippen LogP contribution in [0.1, 0.15) is 26.5 Å². The Morgan fingerprint density at radius 2 is 2.15 bits per heavy atom. The van der Waals surface area contributed by atoms with E-state index in [4.69, 9.17) is 5.73 Å². The molecule has 0 radical (unpaired) electrons. The fraction of sp³-hybridized carbons (Fsp3) is 0.667. The van der Waals surface area contributed by atoms with Crippen molar-refractivity contribution in [2.24, 2.45) is 0 Å². The van der Waals surface area contributed by atoms with E-state index in [-0.39, 0.29) is 5.41 Å². The molecule has 0 saturated heterocycles. The molecule has 1 aromatic rings. The second-order valence-electron chi connectivity index (χ2n) is 4.51. The minimum Gasteiger partial charge on any atom is -0.394 e. The van der Waals surface area contributed by atoms with Crippen LogP contribution in [-0.4, -0.2) is 16.3 Å². The van der Waals surface area contributed by atoms with E-state index in [1.165, 1.54) is 0 Å². The highest BCUT2D eigenvalue weighted by Gasteiger charge is 2.26. The molecule has 0 amide bonds. The predicted molar refractivity (Wildman–Crippen MR) is 53.8 cm³/mol. The van der Waals surface area contributed by atoms with Crippen molar-refractivity contribution >= 4 is 11.5 Å². The van der Waals surface area contributed by atoms with Crippen molar-refractivity contribution in [2.75, 3.05) is 17.6 Å². The van der Waals surface area contributed by atoms with Crippen LogP contribution in [0.2, 0.25) is 0 Å². The molecule has 3 N–H and O–H groups in total. The molecule has 1 aliphatic heterocycles. The Hall–Kier alpha value is -1.19. The normalized spacial score (nSPS) is 15.6. The summed E-state index contributed by atoms with van der Waals surface area (Å²) in [6.07, 6.45) is 0. The third-order valence-electron chi connectivity index (χ3n) is 2.32. The van der Waals surface area contributed by atoms with Crippen molar-refractivity contribution in [3.63, 3.8) is 0 Å². The summed E-state index contributed by atoms with van der Waals surface area (Å²) in [7, 11) is 0. The summed E-state index contributed by atoms with van der Waals surface area (Å²) in [6.45, 7) is 8.25. The van der Waals surface area contributed by atoms with Gasteiger partial charge in [-0.25, -0.2) is 4.68 Å². The Balaban J connectivity index is 2.51. The van der Waals surface area contributed by atoms with E-state index in [0.717, 1.165) is 30.3 Å². The molecule has 0 saturated carbocycles. The van der Waals surface area contributed by atoms with Gasteiger partial charge in [-0.2, -0.15) is 5.10 Å². The summed E-state index contributed by atoms with van der Waals surface area (Å²) in [4.78, 5) is 0. The summed E-state index contributed by atoms with van der Waals surface area (Å²) in [5.74, 6) is 0.991. The molecular weight excluding hydrogens is 164 g/mol. The number of anilines is 2. The van der Waals surface area contributed by atoms with Crippen molar-refractivity contribution in [3.8, 4) is 0 Å². The molecule has 0 unspecified atom stereocenters. The molecular formula is C9H16N4. The lowest BCUT2D eigenvalue weighted by molar-refractivity contribution is 0.546. The lowest BCUT2D eigenvalue weighted by atomic mass is 9.91. The SMILES string of the molecule is CC(C)(C)c1nn2c(c1N)NCC2. The Morgan fingerprint density at radius 1 is 1.46 bits per heavy atom. The van der Waals surface area contributed by atoms with Gasteiger partial charge in [0.25, 0.3) is 0 Å². The fourth-order valence-electron chi connectivity index (χ4n) is 1.66. The average molecular weight is 180 g/mol. The van der Waals surface area contributed by atoms with E-state index >= 15 is 0 Å². The van der Waals surface area contributed by atoms with Crippen molar-refractivity contribution in [1.29, 1.82) is 0 Å². The number of hydrogen-bond donors (Lipinski definition) is 2. The zero-order chi connectivity index (χ0) is 9.64. The minimum atomic E-state index is 0.0309. The highest BCUT2D eigenvalue weighted by Crippen LogP contribution is 2.33. The van der Waals surface area contributed by atoms with Gasteiger partial charge in [0, 0.05) is 12.0 Å². The standard InChI is InChI=1S/C9H16N4/c1-9(2,3)7-6(10)8-11-4-5-13(8)12-7/h11H,4-5,10H2,1-3H3. The van der Waals surface area contributed by atoms with Gasteiger partial charge in [-0.3, -0.25) is 0 Å². The van der Waals surface area contributed by atoms with Crippen LogP contribution in [0.3, 0.4) is 0 Å². The first kappa shape index (κ1) is 8.41. The van der Waals surface area contributed by atoms with E-state index in [1.54, 1.807) is 0 Å². The number of rotatable bonds is 0. The van der Waals surface area contributed by atoms with Crippen LogP contribution < -0.4 is 11.1 Å². The average Bonchev–Trinajstić information content (AvgIpc) is 2.51. The number of nitrogens with two attached hydrogens (primary N) is 1. The van der Waals surface area contributed by atoms with Crippen LogP contribution in [-0.2, 0) is 12.0 Å². The Morgan fingerprint density at radius 3 is 2.69 bits per heavy atom. The smallest absolute Gasteiger partial charge is 0.148 e. The van der Waals surface area contributed by atoms with Crippen LogP contribution >= 0.6 is 0 Å². The summed E-state index contributed by atoms with van der Waals surface area (Å²) in [5.41, 5.74) is 7.83. The van der Waals surface area contributed by atoms with E-state index in [1.807, 2.05) is 4.68 Å². The van der Waals surface area contributed by atoms with Gasteiger partial charge < -0.3 is 11.1 Å². The van der Waals surface area contributed by atoms with Gasteiger partial charge in [0.15, 0.2) is 0 Å². The summed E-state index contributed by atoms with van der Waals surface area (Å²) < 4.78 is 1.95. The second-order valence-corrected chi connectivity index (χ2v) is 4.51. The van der Waals surface area contributed by atoms with Gasteiger partial charge in [0.2, 0.25) is 0 Å². The van der Waals surface area contributed by atoms with Gasteiger partial charge in [0.1, 0.15) is 5.82 Å². The predicted octanol–water partition coefficient (Wildman–Crippen LogP) is 1.19. The lowest BCUT2D eigenvalue weighted by Crippen LogP contribution is -2.15. The van der Waals surface area contributed by atoms with E-state index in [9.17, 15) is 0 Å². The summed E-state index contributed by atoms with van der Waals surface area (Å²) in [6, 6.07) is 0. The third-order valence-corrected chi connectivity index (χ3v) is 2.32. The molecule has 0 atom stereocenters. The lowest BCUT2D eigenvalue weighted by Gasteiger charge is -2.16. The Bertz CT molecular complexity index is 332. The molecule has 13 heavy (non-hydrogen) atoms. The molecule has 0 spiro atoms. The molecule has 2 heterocycles. The Kier molecular flexibility index (Phi) is 1.55. The van der Waals surface area contributed by atoms with Gasteiger partial charge >= 0.3 is 0 Å². The van der Waals surface area contributed by atoms with Gasteiger partial charge in [-0.05, 0) is 0 Å². The largest absolute Gasteiger partial charge is 0.394 e. The highest BCUT2D eigenvalue weighted by atomic mass is 15.4. The highest BCUT2D eigenvalue weighted by molar-refractivity contribution is 5.67. The van der Waals surface area contributed by atoms with E-state index in [2.05, 4.69) is 31.2 Å². The molecule has 4 heteroatoms. The van der Waals surface area contributed by atoms with Crippen molar-refractivity contribution in [2.45, 2.75) is 32.7 Å². The van der Waals surface area contributed by atoms with Crippen LogP contribution in [0.4, 0.5) is 11.5 Å². The number of hydrogen-bond acceptors (Lipinski definition) is 3. The number of aromatic nitrogens is 2. The maximum Gasteiger partial charge on any atom is 0.148 e. The first-order valence-corrected chi connectivity index (χ1v) is 4.61. The van der Waals surface area contributed by atoms with Crippen LogP contribution in [0.25, 0.3) is 0 Å². The first-order chi connectivity index (χ1) is 6.00. The van der Waals surface area contributed by atoms with Gasteiger partial charge in [-0.15, -0.1) is 0 Å². The monoisotopic (exact) mass is 180 g/mol. The first-order valence-electron chi connectivity index (χ1n) is 4.61. The van der Waals surface area contributed by atoms with Crippen LogP contribution in [0, 0.1) is 0 Å². The molecule has 4 nitrogen and oxygen atoms in total. The molecule has 0 aromatic carbocycles. The maximum atomic E-state index is 5.99. The maximum absolute atomic E-state index is 5.99. The number of nitrogen functional groups attached to an aromatic ring is 1. The topological polar surface area (TPSA) is 55.9 Å². The van der Waals surface area contributed by atoms with Gasteiger partial charge in [0.05, 0.1) is 17.9 Å². The minimum absolute atomic E-state index is 0.0309. The zero-order valence-electron chi connectivity index (χ0n) is 8.39. The summed E-state index contributed by atoms with van der Waals surface area (Å²) >= 11 is 0. The molecule has 0 bridgehead atoms. The molecule has 1 aliphatic rings. The van der Waals surface area contributed by atoms with E-state index in [0.29, 0.717) is 0 Å². The zero-order valence-corrected chi connectivity index (χ0v) is 8.39. The van der Waals surface area contributed by atoms with Gasteiger partial charge in [-0.1, -0.05) is 20.8 Å². The molecule has 0 fully saturated rings. The van der Waals surface area contributed by atoms with Crippen molar-refractivity contribution in [3.05, 3.63) is 5.69 Å². The second kappa shape index (κ2) is 2.40. The third kappa shape index (κ3) is 1.17. The fourth-order valence-corrected chi connectivity index (χ4v) is 1.66. The van der Waals surface area contributed by atoms with Crippen molar-refractivity contribution in [1.82, 2.24) is 9.78 Å². The number of fused-ring (bicyclic) bond motifs is 1. The van der Waals surface area contributed by atoms with Crippen molar-refractivity contribution < 1.29 is 0 Å². The van der Waals surface area contributed by atoms with Crippen LogP contribution in [0.5, 0.6) is 0 Å². The molecule has 1 aromatic heterocycles. The quantitative estimate of drug-likeness (QED) is 0.630.